The number of phenolic OH excluding ortho intramolecular Hbond substituents is 1. The van der Waals surface area contributed by atoms with Crippen molar-refractivity contribution in [3.63, 3.8) is 0 Å². The molecule has 1 unspecified atom stereocenters. The molecule has 0 aromatic heterocycles. The summed E-state index contributed by atoms with van der Waals surface area (Å²) in [5.41, 5.74) is 0.126. The molecule has 0 fully saturated rings. The largest absolute Gasteiger partial charge is 0.507 e. The number of benzene rings is 1. The van der Waals surface area contributed by atoms with Crippen molar-refractivity contribution in [2.45, 2.75) is 26.8 Å². The quantitative estimate of drug-likeness (QED) is 0.880. The van der Waals surface area contributed by atoms with Crippen molar-refractivity contribution in [3.8, 4) is 5.75 Å². The number of phenols is 1. The zero-order valence-electron chi connectivity index (χ0n) is 10.6. The van der Waals surface area contributed by atoms with E-state index in [4.69, 9.17) is 0 Å². The van der Waals surface area contributed by atoms with E-state index in [-0.39, 0.29) is 23.3 Å². The molecule has 1 N–H and O–H groups in total. The van der Waals surface area contributed by atoms with Crippen LogP contribution in [0, 0.1) is 11.7 Å². The van der Waals surface area contributed by atoms with E-state index in [9.17, 15) is 14.3 Å². The van der Waals surface area contributed by atoms with Gasteiger partial charge in [-0.15, -0.1) is 0 Å². The topological polar surface area (TPSA) is 40.5 Å². The molecule has 1 aromatic rings. The van der Waals surface area contributed by atoms with Crippen LogP contribution in [0.1, 0.15) is 31.1 Å². The molecule has 0 aliphatic heterocycles. The summed E-state index contributed by atoms with van der Waals surface area (Å²) in [6, 6.07) is 3.46. The van der Waals surface area contributed by atoms with Gasteiger partial charge in [-0.3, -0.25) is 4.79 Å². The van der Waals surface area contributed by atoms with Crippen LogP contribution in [0.25, 0.3) is 0 Å². The second kappa shape index (κ2) is 5.17. The first-order chi connectivity index (χ1) is 7.84. The van der Waals surface area contributed by atoms with Gasteiger partial charge in [-0.1, -0.05) is 13.8 Å². The van der Waals surface area contributed by atoms with E-state index < -0.39 is 5.82 Å². The molecule has 3 nitrogen and oxygen atoms in total. The number of carbonyl (C=O) groups excluding carboxylic acids is 1. The van der Waals surface area contributed by atoms with Gasteiger partial charge in [0.1, 0.15) is 11.6 Å². The van der Waals surface area contributed by atoms with Crippen molar-refractivity contribution in [2.75, 3.05) is 7.05 Å². The van der Waals surface area contributed by atoms with Crippen LogP contribution < -0.4 is 0 Å². The molecular weight excluding hydrogens is 221 g/mol. The Morgan fingerprint density at radius 2 is 1.94 bits per heavy atom. The number of aromatic hydroxyl groups is 1. The highest BCUT2D eigenvalue weighted by molar-refractivity contribution is 5.96. The lowest BCUT2D eigenvalue weighted by atomic mass is 10.0. The number of amides is 1. The first-order valence-electron chi connectivity index (χ1n) is 5.60. The molecule has 1 rings (SSSR count). The third-order valence-electron chi connectivity index (χ3n) is 3.09. The maximum Gasteiger partial charge on any atom is 0.257 e. The predicted molar refractivity (Wildman–Crippen MR) is 64.5 cm³/mol. The number of hydrogen-bond donors (Lipinski definition) is 1. The van der Waals surface area contributed by atoms with Crippen molar-refractivity contribution in [2.24, 2.45) is 5.92 Å². The number of halogens is 1. The highest BCUT2D eigenvalue weighted by atomic mass is 19.1. The molecule has 1 atom stereocenters. The fraction of sp³-hybridized carbons (Fsp3) is 0.462. The highest BCUT2D eigenvalue weighted by Crippen LogP contribution is 2.21. The van der Waals surface area contributed by atoms with Gasteiger partial charge in [-0.05, 0) is 25.0 Å². The van der Waals surface area contributed by atoms with Gasteiger partial charge in [0.15, 0.2) is 0 Å². The van der Waals surface area contributed by atoms with E-state index in [1.165, 1.54) is 12.1 Å². The van der Waals surface area contributed by atoms with Crippen LogP contribution >= 0.6 is 0 Å². The molecule has 1 aromatic carbocycles. The van der Waals surface area contributed by atoms with Crippen molar-refractivity contribution < 1.29 is 14.3 Å². The first kappa shape index (κ1) is 13.5. The Morgan fingerprint density at radius 1 is 1.35 bits per heavy atom. The van der Waals surface area contributed by atoms with Crippen LogP contribution in [0.5, 0.6) is 5.75 Å². The van der Waals surface area contributed by atoms with Gasteiger partial charge >= 0.3 is 0 Å². The fourth-order valence-electron chi connectivity index (χ4n) is 1.51. The second-order valence-electron chi connectivity index (χ2n) is 4.56. The Bertz CT molecular complexity index is 418. The summed E-state index contributed by atoms with van der Waals surface area (Å²) in [6.45, 7) is 5.96. The van der Waals surface area contributed by atoms with Crippen LogP contribution in [0.3, 0.4) is 0 Å². The molecular formula is C13H18FNO2. The van der Waals surface area contributed by atoms with Crippen LogP contribution in [-0.4, -0.2) is 29.0 Å². The lowest BCUT2D eigenvalue weighted by Crippen LogP contribution is -2.38. The first-order valence-corrected chi connectivity index (χ1v) is 5.60. The molecule has 0 saturated carbocycles. The van der Waals surface area contributed by atoms with E-state index in [1.807, 2.05) is 20.8 Å². The molecule has 1 amide bonds. The van der Waals surface area contributed by atoms with Crippen LogP contribution in [0.4, 0.5) is 4.39 Å². The Balaban J connectivity index is 2.96. The van der Waals surface area contributed by atoms with E-state index in [0.717, 1.165) is 6.07 Å². The molecule has 0 bridgehead atoms. The minimum atomic E-state index is -0.557. The third kappa shape index (κ3) is 2.96. The fourth-order valence-corrected chi connectivity index (χ4v) is 1.51. The average Bonchev–Trinajstić information content (AvgIpc) is 2.26. The minimum Gasteiger partial charge on any atom is -0.507 e. The number of hydrogen-bond acceptors (Lipinski definition) is 2. The van der Waals surface area contributed by atoms with Gasteiger partial charge in [-0.2, -0.15) is 0 Å². The van der Waals surface area contributed by atoms with Crippen LogP contribution in [0.15, 0.2) is 18.2 Å². The summed E-state index contributed by atoms with van der Waals surface area (Å²) < 4.78 is 12.8. The van der Waals surface area contributed by atoms with E-state index in [1.54, 1.807) is 11.9 Å². The van der Waals surface area contributed by atoms with Crippen molar-refractivity contribution >= 4 is 5.91 Å². The monoisotopic (exact) mass is 239 g/mol. The standard InChI is InChI=1S/C13H18FNO2/c1-8(2)9(3)15(4)13(17)11-6-5-10(14)7-12(11)16/h5-9,16H,1-4H3. The summed E-state index contributed by atoms with van der Waals surface area (Å²) >= 11 is 0. The molecule has 0 aliphatic rings. The van der Waals surface area contributed by atoms with E-state index >= 15 is 0 Å². The normalized spacial score (nSPS) is 12.6. The van der Waals surface area contributed by atoms with Gasteiger partial charge in [0, 0.05) is 19.2 Å². The lowest BCUT2D eigenvalue weighted by Gasteiger charge is -2.28. The molecule has 4 heteroatoms. The smallest absolute Gasteiger partial charge is 0.257 e. The maximum atomic E-state index is 12.8. The van der Waals surface area contributed by atoms with Crippen LogP contribution in [-0.2, 0) is 0 Å². The minimum absolute atomic E-state index is 0.0481. The van der Waals surface area contributed by atoms with Crippen molar-refractivity contribution in [1.82, 2.24) is 4.90 Å². The molecule has 0 radical (unpaired) electrons. The predicted octanol–water partition coefficient (Wildman–Crippen LogP) is 2.65. The summed E-state index contributed by atoms with van der Waals surface area (Å²) in [7, 11) is 1.68. The number of carbonyl (C=O) groups is 1. The zero-order valence-corrected chi connectivity index (χ0v) is 10.6. The SMILES string of the molecule is CC(C)C(C)N(C)C(=O)c1ccc(F)cc1O. The Kier molecular flexibility index (Phi) is 4.10. The molecule has 0 heterocycles. The lowest BCUT2D eigenvalue weighted by molar-refractivity contribution is 0.0704. The van der Waals surface area contributed by atoms with Gasteiger partial charge in [0.05, 0.1) is 5.56 Å². The molecule has 0 saturated heterocycles. The highest BCUT2D eigenvalue weighted by Gasteiger charge is 2.22. The summed E-state index contributed by atoms with van der Waals surface area (Å²) in [6.07, 6.45) is 0. The maximum absolute atomic E-state index is 12.8. The van der Waals surface area contributed by atoms with Gasteiger partial charge in [0.2, 0.25) is 0 Å². The van der Waals surface area contributed by atoms with Crippen molar-refractivity contribution in [1.29, 1.82) is 0 Å². The summed E-state index contributed by atoms with van der Waals surface area (Å²) in [5, 5.41) is 9.54. The Hall–Kier alpha value is -1.58. The average molecular weight is 239 g/mol. The summed E-state index contributed by atoms with van der Waals surface area (Å²) in [4.78, 5) is 13.6. The van der Waals surface area contributed by atoms with Gasteiger partial charge < -0.3 is 10.0 Å². The molecule has 94 valence electrons. The van der Waals surface area contributed by atoms with Gasteiger partial charge in [0.25, 0.3) is 5.91 Å². The van der Waals surface area contributed by atoms with Gasteiger partial charge in [-0.25, -0.2) is 4.39 Å². The van der Waals surface area contributed by atoms with Crippen LogP contribution in [0.2, 0.25) is 0 Å². The van der Waals surface area contributed by atoms with E-state index in [2.05, 4.69) is 0 Å². The molecule has 0 aliphatic carbocycles. The second-order valence-corrected chi connectivity index (χ2v) is 4.56. The van der Waals surface area contributed by atoms with E-state index in [0.29, 0.717) is 5.92 Å². The molecule has 17 heavy (non-hydrogen) atoms. The number of rotatable bonds is 3. The Labute approximate surface area is 101 Å². The summed E-state index contributed by atoms with van der Waals surface area (Å²) in [5.74, 6) is -0.869. The Morgan fingerprint density at radius 3 is 2.41 bits per heavy atom. The molecule has 0 spiro atoms. The zero-order chi connectivity index (χ0) is 13.2. The number of nitrogens with zero attached hydrogens (tertiary/aromatic N) is 1. The van der Waals surface area contributed by atoms with Crippen molar-refractivity contribution in [3.05, 3.63) is 29.6 Å². The third-order valence-corrected chi connectivity index (χ3v) is 3.09.